The molecule has 9 heteroatoms. The summed E-state index contributed by atoms with van der Waals surface area (Å²) in [6.07, 6.45) is -1.20. The van der Waals surface area contributed by atoms with Gasteiger partial charge in [-0.2, -0.15) is 0 Å². The van der Waals surface area contributed by atoms with Crippen molar-refractivity contribution in [2.24, 2.45) is 0 Å². The third kappa shape index (κ3) is 4.73. The van der Waals surface area contributed by atoms with Crippen molar-refractivity contribution in [3.63, 3.8) is 0 Å². The Morgan fingerprint density at radius 1 is 1.26 bits per heavy atom. The molecule has 2 rings (SSSR count). The number of aryl methyl sites for hydroxylation is 1. The second-order valence-corrected chi connectivity index (χ2v) is 6.02. The van der Waals surface area contributed by atoms with Crippen molar-refractivity contribution in [2.75, 3.05) is 12.4 Å². The van der Waals surface area contributed by atoms with E-state index in [4.69, 9.17) is 21.1 Å². The van der Waals surface area contributed by atoms with Crippen LogP contribution in [0.25, 0.3) is 0 Å². The number of esters is 1. The van der Waals surface area contributed by atoms with Crippen LogP contribution in [-0.4, -0.2) is 30.0 Å². The summed E-state index contributed by atoms with van der Waals surface area (Å²) in [5, 5.41) is 14.1. The predicted octanol–water partition coefficient (Wildman–Crippen LogP) is 3.75. The van der Waals surface area contributed by atoms with Crippen LogP contribution in [0.5, 0.6) is 5.75 Å². The number of halogens is 1. The molecule has 1 unspecified atom stereocenters. The van der Waals surface area contributed by atoms with Crippen LogP contribution in [0.2, 0.25) is 5.02 Å². The number of nitrogens with zero attached hydrogens (tertiary/aromatic N) is 1. The summed E-state index contributed by atoms with van der Waals surface area (Å²) in [6, 6.07) is 8.52. The number of hydrogen-bond acceptors (Lipinski definition) is 6. The van der Waals surface area contributed by atoms with Crippen LogP contribution in [0.4, 0.5) is 11.4 Å². The number of carbonyl (C=O) groups excluding carboxylic acids is 2. The first-order chi connectivity index (χ1) is 12.7. The molecular formula is C18H17ClN2O6. The monoisotopic (exact) mass is 392 g/mol. The highest BCUT2D eigenvalue weighted by molar-refractivity contribution is 6.31. The van der Waals surface area contributed by atoms with Gasteiger partial charge in [-0.25, -0.2) is 4.79 Å². The fourth-order valence-corrected chi connectivity index (χ4v) is 2.40. The summed E-state index contributed by atoms with van der Waals surface area (Å²) in [7, 11) is 1.43. The molecule has 0 saturated heterocycles. The Morgan fingerprint density at radius 2 is 1.93 bits per heavy atom. The molecule has 0 aliphatic heterocycles. The van der Waals surface area contributed by atoms with Crippen molar-refractivity contribution < 1.29 is 24.0 Å². The Kier molecular flexibility index (Phi) is 6.36. The van der Waals surface area contributed by atoms with E-state index < -0.39 is 28.6 Å². The standard InChI is InChI=1S/C18H17ClN2O6/c1-10-8-14(16(26-3)9-13(10)19)20-17(22)11(2)27-18(23)12-6-4-5-7-15(12)21(24)25/h4-9,11H,1-3H3,(H,20,22). The lowest BCUT2D eigenvalue weighted by atomic mass is 10.2. The lowest BCUT2D eigenvalue weighted by molar-refractivity contribution is -0.385. The largest absolute Gasteiger partial charge is 0.495 e. The van der Waals surface area contributed by atoms with Gasteiger partial charge in [0.05, 0.1) is 17.7 Å². The van der Waals surface area contributed by atoms with Crippen LogP contribution in [0.1, 0.15) is 22.8 Å². The number of nitrogens with one attached hydrogen (secondary N) is 1. The van der Waals surface area contributed by atoms with E-state index >= 15 is 0 Å². The average molecular weight is 393 g/mol. The SMILES string of the molecule is COc1cc(Cl)c(C)cc1NC(=O)C(C)OC(=O)c1ccccc1[N+](=O)[O-]. The Bertz CT molecular complexity index is 899. The molecule has 2 aromatic rings. The minimum absolute atomic E-state index is 0.234. The number of amides is 1. The summed E-state index contributed by atoms with van der Waals surface area (Å²) in [5.74, 6) is -1.25. The fourth-order valence-electron chi connectivity index (χ4n) is 2.25. The fraction of sp³-hybridized carbons (Fsp3) is 0.222. The second-order valence-electron chi connectivity index (χ2n) is 5.61. The third-order valence-corrected chi connectivity index (χ3v) is 4.12. The molecule has 8 nitrogen and oxygen atoms in total. The van der Waals surface area contributed by atoms with Gasteiger partial charge in [-0.05, 0) is 31.5 Å². The number of hydrogen-bond donors (Lipinski definition) is 1. The van der Waals surface area contributed by atoms with Gasteiger partial charge >= 0.3 is 5.97 Å². The molecule has 0 spiro atoms. The Hall–Kier alpha value is -3.13. The van der Waals surface area contributed by atoms with E-state index in [2.05, 4.69) is 5.32 Å². The van der Waals surface area contributed by atoms with Crippen LogP contribution in [0.15, 0.2) is 36.4 Å². The first kappa shape index (κ1) is 20.2. The van der Waals surface area contributed by atoms with Gasteiger partial charge in [0.15, 0.2) is 6.10 Å². The van der Waals surface area contributed by atoms with E-state index in [1.165, 1.54) is 38.3 Å². The van der Waals surface area contributed by atoms with E-state index in [1.807, 2.05) is 0 Å². The Labute approximate surface area is 160 Å². The highest BCUT2D eigenvalue weighted by Gasteiger charge is 2.25. The number of carbonyl (C=O) groups is 2. The highest BCUT2D eigenvalue weighted by atomic mass is 35.5. The van der Waals surface area contributed by atoms with Crippen molar-refractivity contribution in [3.05, 3.63) is 62.7 Å². The number of anilines is 1. The van der Waals surface area contributed by atoms with Crippen molar-refractivity contribution >= 4 is 34.9 Å². The van der Waals surface area contributed by atoms with Crippen LogP contribution in [0.3, 0.4) is 0 Å². The molecule has 0 radical (unpaired) electrons. The number of rotatable bonds is 6. The minimum Gasteiger partial charge on any atom is -0.495 e. The van der Waals surface area contributed by atoms with Gasteiger partial charge in [0.2, 0.25) is 0 Å². The molecule has 0 saturated carbocycles. The molecule has 0 heterocycles. The van der Waals surface area contributed by atoms with Gasteiger partial charge in [0.25, 0.3) is 11.6 Å². The van der Waals surface area contributed by atoms with Gasteiger partial charge in [0, 0.05) is 17.2 Å². The van der Waals surface area contributed by atoms with Gasteiger partial charge in [-0.1, -0.05) is 23.7 Å². The maximum atomic E-state index is 12.4. The minimum atomic E-state index is -1.20. The number of nitro benzene ring substituents is 1. The molecule has 27 heavy (non-hydrogen) atoms. The van der Waals surface area contributed by atoms with Gasteiger partial charge in [-0.15, -0.1) is 0 Å². The van der Waals surface area contributed by atoms with Crippen LogP contribution < -0.4 is 10.1 Å². The summed E-state index contributed by atoms with van der Waals surface area (Å²) >= 11 is 6.02. The average Bonchev–Trinajstić information content (AvgIpc) is 2.64. The van der Waals surface area contributed by atoms with Crippen LogP contribution >= 0.6 is 11.6 Å². The van der Waals surface area contributed by atoms with Crippen LogP contribution in [-0.2, 0) is 9.53 Å². The smallest absolute Gasteiger partial charge is 0.345 e. The van der Waals surface area contributed by atoms with Gasteiger partial charge in [0.1, 0.15) is 11.3 Å². The zero-order chi connectivity index (χ0) is 20.1. The Morgan fingerprint density at radius 3 is 2.56 bits per heavy atom. The normalized spacial score (nSPS) is 11.4. The van der Waals surface area contributed by atoms with Gasteiger partial charge < -0.3 is 14.8 Å². The van der Waals surface area contributed by atoms with E-state index in [0.717, 1.165) is 5.56 Å². The molecule has 1 N–H and O–H groups in total. The number of nitro groups is 1. The number of benzene rings is 2. The lowest BCUT2D eigenvalue weighted by Crippen LogP contribution is -2.30. The zero-order valence-corrected chi connectivity index (χ0v) is 15.6. The summed E-state index contributed by atoms with van der Waals surface area (Å²) in [6.45, 7) is 3.12. The lowest BCUT2D eigenvalue weighted by Gasteiger charge is -2.16. The number of ether oxygens (including phenoxy) is 2. The van der Waals surface area contributed by atoms with E-state index in [9.17, 15) is 19.7 Å². The molecule has 1 atom stereocenters. The second kappa shape index (κ2) is 8.50. The van der Waals surface area contributed by atoms with E-state index in [1.54, 1.807) is 19.1 Å². The van der Waals surface area contributed by atoms with Crippen LogP contribution in [0, 0.1) is 17.0 Å². The highest BCUT2D eigenvalue weighted by Crippen LogP contribution is 2.31. The van der Waals surface area contributed by atoms with Crippen molar-refractivity contribution in [1.29, 1.82) is 0 Å². The first-order valence-electron chi connectivity index (χ1n) is 7.84. The predicted molar refractivity (Wildman–Crippen MR) is 99.3 cm³/mol. The quantitative estimate of drug-likeness (QED) is 0.455. The van der Waals surface area contributed by atoms with Crippen molar-refractivity contribution in [3.8, 4) is 5.75 Å². The molecule has 0 aromatic heterocycles. The van der Waals surface area contributed by atoms with Crippen molar-refractivity contribution in [1.82, 2.24) is 0 Å². The van der Waals surface area contributed by atoms with Gasteiger partial charge in [-0.3, -0.25) is 14.9 Å². The molecule has 0 bridgehead atoms. The summed E-state index contributed by atoms with van der Waals surface area (Å²) < 4.78 is 10.2. The molecule has 0 aliphatic carbocycles. The molecule has 1 amide bonds. The zero-order valence-electron chi connectivity index (χ0n) is 14.8. The molecule has 0 aliphatic rings. The maximum Gasteiger partial charge on any atom is 0.345 e. The van der Waals surface area contributed by atoms with E-state index in [0.29, 0.717) is 16.5 Å². The molecule has 2 aromatic carbocycles. The summed E-state index contributed by atoms with van der Waals surface area (Å²) in [5.41, 5.74) is 0.447. The maximum absolute atomic E-state index is 12.4. The topological polar surface area (TPSA) is 108 Å². The first-order valence-corrected chi connectivity index (χ1v) is 8.21. The molecular weight excluding hydrogens is 376 g/mol. The summed E-state index contributed by atoms with van der Waals surface area (Å²) in [4.78, 5) is 34.9. The number of para-hydroxylation sites is 1. The number of methoxy groups -OCH3 is 1. The Balaban J connectivity index is 2.14. The van der Waals surface area contributed by atoms with E-state index in [-0.39, 0.29) is 5.56 Å². The molecule has 0 fully saturated rings. The molecule has 142 valence electrons. The van der Waals surface area contributed by atoms with Crippen molar-refractivity contribution in [2.45, 2.75) is 20.0 Å². The third-order valence-electron chi connectivity index (χ3n) is 3.71.